The molecule has 6 heteroatoms. The highest BCUT2D eigenvalue weighted by Crippen LogP contribution is 2.26. The van der Waals surface area contributed by atoms with E-state index < -0.39 is 0 Å². The number of hydrazine groups is 1. The average molecular weight is 251 g/mol. The van der Waals surface area contributed by atoms with Gasteiger partial charge in [-0.05, 0) is 12.8 Å². The minimum Gasteiger partial charge on any atom is -0.378 e. The monoisotopic (exact) mass is 251 g/mol. The molecule has 0 unspecified atom stereocenters. The molecule has 0 radical (unpaired) electrons. The van der Waals surface area contributed by atoms with Crippen LogP contribution in [0.3, 0.4) is 0 Å². The molecule has 0 spiro atoms. The van der Waals surface area contributed by atoms with Crippen molar-refractivity contribution in [2.45, 2.75) is 26.7 Å². The average Bonchev–Trinajstić information content (AvgIpc) is 2.38. The second-order valence-corrected chi connectivity index (χ2v) is 4.77. The van der Waals surface area contributed by atoms with Crippen LogP contribution in [0.4, 0.5) is 11.8 Å². The third-order valence-electron chi connectivity index (χ3n) is 3.13. The largest absolute Gasteiger partial charge is 0.378 e. The summed E-state index contributed by atoms with van der Waals surface area (Å²) in [4.78, 5) is 11.2. The summed E-state index contributed by atoms with van der Waals surface area (Å²) >= 11 is 0. The number of rotatable bonds is 3. The topological polar surface area (TPSA) is 76.3 Å². The van der Waals surface area contributed by atoms with Crippen molar-refractivity contribution in [3.8, 4) is 0 Å². The molecule has 2 rings (SSSR count). The van der Waals surface area contributed by atoms with Crippen LogP contribution in [0, 0.1) is 6.92 Å². The lowest BCUT2D eigenvalue weighted by molar-refractivity contribution is 0.122. The van der Waals surface area contributed by atoms with Gasteiger partial charge in [0.05, 0.1) is 13.2 Å². The van der Waals surface area contributed by atoms with Crippen LogP contribution in [0.5, 0.6) is 0 Å². The van der Waals surface area contributed by atoms with Gasteiger partial charge in [0.25, 0.3) is 0 Å². The first-order valence-electron chi connectivity index (χ1n) is 6.31. The van der Waals surface area contributed by atoms with Gasteiger partial charge in [0, 0.05) is 24.3 Å². The first-order chi connectivity index (χ1) is 8.63. The fraction of sp³-hybridized carbons (Fsp3) is 0.667. The highest BCUT2D eigenvalue weighted by Gasteiger charge is 2.19. The molecule has 1 saturated heterocycles. The van der Waals surface area contributed by atoms with E-state index in [1.807, 2.05) is 6.92 Å². The van der Waals surface area contributed by atoms with Crippen molar-refractivity contribution < 1.29 is 4.74 Å². The molecule has 1 aliphatic rings. The quantitative estimate of drug-likeness (QED) is 0.617. The molecule has 1 fully saturated rings. The van der Waals surface area contributed by atoms with E-state index in [1.165, 1.54) is 0 Å². The Morgan fingerprint density at radius 2 is 1.94 bits per heavy atom. The normalized spacial score (nSPS) is 16.2. The van der Waals surface area contributed by atoms with Gasteiger partial charge in [-0.25, -0.2) is 10.8 Å². The van der Waals surface area contributed by atoms with Crippen molar-refractivity contribution in [3.05, 3.63) is 11.3 Å². The third kappa shape index (κ3) is 2.54. The van der Waals surface area contributed by atoms with Crippen LogP contribution >= 0.6 is 0 Å². The van der Waals surface area contributed by atoms with Crippen molar-refractivity contribution in [3.63, 3.8) is 0 Å². The van der Waals surface area contributed by atoms with E-state index in [4.69, 9.17) is 10.6 Å². The summed E-state index contributed by atoms with van der Waals surface area (Å²) in [6.07, 6.45) is 0. The number of nitrogen functional groups attached to an aromatic ring is 1. The first-order valence-corrected chi connectivity index (χ1v) is 6.31. The van der Waals surface area contributed by atoms with Gasteiger partial charge in [-0.2, -0.15) is 4.98 Å². The Kier molecular flexibility index (Phi) is 3.98. The minimum absolute atomic E-state index is 0.342. The molecule has 1 aliphatic heterocycles. The summed E-state index contributed by atoms with van der Waals surface area (Å²) < 4.78 is 5.33. The number of nitrogens with one attached hydrogen (secondary N) is 1. The molecule has 0 aromatic carbocycles. The van der Waals surface area contributed by atoms with E-state index in [0.29, 0.717) is 5.92 Å². The number of aromatic nitrogens is 2. The van der Waals surface area contributed by atoms with Crippen LogP contribution in [-0.4, -0.2) is 36.3 Å². The molecular formula is C12H21N5O. The second-order valence-electron chi connectivity index (χ2n) is 4.77. The molecule has 3 N–H and O–H groups in total. The fourth-order valence-corrected chi connectivity index (χ4v) is 2.27. The Balaban J connectivity index is 2.35. The van der Waals surface area contributed by atoms with Crippen LogP contribution in [0.15, 0.2) is 0 Å². The highest BCUT2D eigenvalue weighted by molar-refractivity contribution is 5.52. The van der Waals surface area contributed by atoms with Crippen molar-refractivity contribution >= 4 is 11.8 Å². The molecular weight excluding hydrogens is 230 g/mol. The standard InChI is InChI=1S/C12H21N5O/c1-8(2)10-9(3)14-12(15-11(10)16-13)17-4-6-18-7-5-17/h8H,4-7,13H2,1-3H3,(H,14,15,16). The lowest BCUT2D eigenvalue weighted by Crippen LogP contribution is -2.37. The zero-order chi connectivity index (χ0) is 13.1. The summed E-state index contributed by atoms with van der Waals surface area (Å²) in [5, 5.41) is 0. The van der Waals surface area contributed by atoms with E-state index in [0.717, 1.165) is 49.3 Å². The van der Waals surface area contributed by atoms with Crippen LogP contribution < -0.4 is 16.2 Å². The number of anilines is 2. The maximum absolute atomic E-state index is 5.57. The Morgan fingerprint density at radius 3 is 2.50 bits per heavy atom. The lowest BCUT2D eigenvalue weighted by Gasteiger charge is -2.28. The van der Waals surface area contributed by atoms with E-state index in [-0.39, 0.29) is 0 Å². The maximum Gasteiger partial charge on any atom is 0.227 e. The molecule has 0 aliphatic carbocycles. The van der Waals surface area contributed by atoms with Crippen molar-refractivity contribution in [1.29, 1.82) is 0 Å². The number of nitrogens with two attached hydrogens (primary N) is 1. The number of hydrogen-bond donors (Lipinski definition) is 2. The minimum atomic E-state index is 0.342. The molecule has 0 bridgehead atoms. The first kappa shape index (κ1) is 13.0. The van der Waals surface area contributed by atoms with Crippen molar-refractivity contribution in [2.24, 2.45) is 5.84 Å². The molecule has 0 amide bonds. The van der Waals surface area contributed by atoms with Gasteiger partial charge >= 0.3 is 0 Å². The molecule has 0 atom stereocenters. The zero-order valence-electron chi connectivity index (χ0n) is 11.2. The summed E-state index contributed by atoms with van der Waals surface area (Å²) in [5.74, 6) is 7.37. The van der Waals surface area contributed by atoms with E-state index >= 15 is 0 Å². The van der Waals surface area contributed by atoms with Gasteiger partial charge in [0.15, 0.2) is 0 Å². The second kappa shape index (κ2) is 5.49. The fourth-order valence-electron chi connectivity index (χ4n) is 2.27. The molecule has 1 aromatic rings. The summed E-state index contributed by atoms with van der Waals surface area (Å²) in [5.41, 5.74) is 4.75. The summed E-state index contributed by atoms with van der Waals surface area (Å²) in [6, 6.07) is 0. The van der Waals surface area contributed by atoms with Crippen molar-refractivity contribution in [1.82, 2.24) is 9.97 Å². The van der Waals surface area contributed by atoms with E-state index in [2.05, 4.69) is 34.1 Å². The number of nitrogens with zero attached hydrogens (tertiary/aromatic N) is 3. The van der Waals surface area contributed by atoms with Gasteiger partial charge in [-0.1, -0.05) is 13.8 Å². The number of aryl methyl sites for hydroxylation is 1. The number of ether oxygens (including phenoxy) is 1. The number of hydrogen-bond acceptors (Lipinski definition) is 6. The van der Waals surface area contributed by atoms with E-state index in [9.17, 15) is 0 Å². The van der Waals surface area contributed by atoms with Crippen LogP contribution in [0.25, 0.3) is 0 Å². The van der Waals surface area contributed by atoms with Gasteiger partial charge in [0.1, 0.15) is 5.82 Å². The smallest absolute Gasteiger partial charge is 0.227 e. The molecule has 1 aromatic heterocycles. The maximum atomic E-state index is 5.57. The van der Waals surface area contributed by atoms with Gasteiger partial charge < -0.3 is 15.1 Å². The van der Waals surface area contributed by atoms with Crippen LogP contribution in [0.1, 0.15) is 31.0 Å². The summed E-state index contributed by atoms with van der Waals surface area (Å²) in [7, 11) is 0. The number of morpholine rings is 1. The Hall–Kier alpha value is -1.40. The SMILES string of the molecule is Cc1nc(N2CCOCC2)nc(NN)c1C(C)C. The highest BCUT2D eigenvalue weighted by atomic mass is 16.5. The van der Waals surface area contributed by atoms with E-state index in [1.54, 1.807) is 0 Å². The molecule has 18 heavy (non-hydrogen) atoms. The predicted octanol–water partition coefficient (Wildman–Crippen LogP) is 1.03. The summed E-state index contributed by atoms with van der Waals surface area (Å²) in [6.45, 7) is 9.32. The molecule has 100 valence electrons. The lowest BCUT2D eigenvalue weighted by atomic mass is 10.0. The molecule has 0 saturated carbocycles. The molecule has 6 nitrogen and oxygen atoms in total. The van der Waals surface area contributed by atoms with Gasteiger partial charge in [-0.15, -0.1) is 0 Å². The Morgan fingerprint density at radius 1 is 1.28 bits per heavy atom. The van der Waals surface area contributed by atoms with Crippen molar-refractivity contribution in [2.75, 3.05) is 36.6 Å². The Labute approximate surface area is 108 Å². The van der Waals surface area contributed by atoms with Crippen LogP contribution in [-0.2, 0) is 4.74 Å². The predicted molar refractivity (Wildman–Crippen MR) is 71.7 cm³/mol. The molecule has 2 heterocycles. The third-order valence-corrected chi connectivity index (χ3v) is 3.13. The van der Waals surface area contributed by atoms with Gasteiger partial charge in [0.2, 0.25) is 5.95 Å². The van der Waals surface area contributed by atoms with Gasteiger partial charge in [-0.3, -0.25) is 0 Å². The van der Waals surface area contributed by atoms with Crippen LogP contribution in [0.2, 0.25) is 0 Å². The zero-order valence-corrected chi connectivity index (χ0v) is 11.2. The Bertz CT molecular complexity index is 415.